The molecule has 0 aliphatic carbocycles. The molecule has 1 fully saturated rings. The summed E-state index contributed by atoms with van der Waals surface area (Å²) in [7, 11) is 0. The Labute approximate surface area is 165 Å². The summed E-state index contributed by atoms with van der Waals surface area (Å²) in [5, 5.41) is 3.45. The molecular formula is C21H25N7. The highest BCUT2D eigenvalue weighted by atomic mass is 15.3. The number of benzene rings is 1. The highest BCUT2D eigenvalue weighted by molar-refractivity contribution is 5.63. The normalized spacial score (nSPS) is 14.2. The van der Waals surface area contributed by atoms with E-state index in [1.807, 2.05) is 19.1 Å². The minimum absolute atomic E-state index is 0.763. The summed E-state index contributed by atoms with van der Waals surface area (Å²) < 4.78 is 0. The molecular weight excluding hydrogens is 350 g/mol. The first kappa shape index (κ1) is 18.2. The topological polar surface area (TPSA) is 70.1 Å². The van der Waals surface area contributed by atoms with Gasteiger partial charge < -0.3 is 15.1 Å². The fourth-order valence-electron chi connectivity index (χ4n) is 3.46. The summed E-state index contributed by atoms with van der Waals surface area (Å²) in [5.41, 5.74) is 3.53. The number of hydrogen-bond donors (Lipinski definition) is 1. The molecule has 2 aromatic heterocycles. The minimum atomic E-state index is 0.763. The van der Waals surface area contributed by atoms with Gasteiger partial charge in [-0.25, -0.2) is 19.9 Å². The van der Waals surface area contributed by atoms with E-state index in [-0.39, 0.29) is 0 Å². The van der Waals surface area contributed by atoms with Crippen molar-refractivity contribution in [3.8, 4) is 0 Å². The van der Waals surface area contributed by atoms with E-state index in [0.717, 1.165) is 55.3 Å². The summed E-state index contributed by atoms with van der Waals surface area (Å²) in [6.45, 7) is 9.62. The molecule has 7 nitrogen and oxygen atoms in total. The first-order valence-corrected chi connectivity index (χ1v) is 9.55. The monoisotopic (exact) mass is 375 g/mol. The fourth-order valence-corrected chi connectivity index (χ4v) is 3.46. The van der Waals surface area contributed by atoms with Crippen LogP contribution >= 0.6 is 0 Å². The van der Waals surface area contributed by atoms with Crippen LogP contribution in [0.2, 0.25) is 0 Å². The number of piperazine rings is 1. The lowest BCUT2D eigenvalue weighted by atomic mass is 10.1. The quantitative estimate of drug-likeness (QED) is 0.750. The van der Waals surface area contributed by atoms with Crippen molar-refractivity contribution in [2.45, 2.75) is 20.8 Å². The molecule has 3 aromatic rings. The van der Waals surface area contributed by atoms with Crippen LogP contribution in [-0.2, 0) is 0 Å². The Hall–Kier alpha value is -3.22. The fraction of sp³-hybridized carbons (Fsp3) is 0.333. The second kappa shape index (κ2) is 7.80. The third kappa shape index (κ3) is 4.03. The third-order valence-electron chi connectivity index (χ3n) is 4.91. The van der Waals surface area contributed by atoms with E-state index < -0.39 is 0 Å². The first-order chi connectivity index (χ1) is 13.6. The Morgan fingerprint density at radius 3 is 2.29 bits per heavy atom. The van der Waals surface area contributed by atoms with Crippen molar-refractivity contribution in [3.63, 3.8) is 0 Å². The van der Waals surface area contributed by atoms with Crippen molar-refractivity contribution in [1.82, 2.24) is 19.9 Å². The van der Waals surface area contributed by atoms with Crippen molar-refractivity contribution in [2.75, 3.05) is 41.3 Å². The van der Waals surface area contributed by atoms with Crippen LogP contribution in [0.4, 0.5) is 23.3 Å². The van der Waals surface area contributed by atoms with Gasteiger partial charge in [-0.3, -0.25) is 0 Å². The largest absolute Gasteiger partial charge is 0.353 e. The molecule has 144 valence electrons. The predicted molar refractivity (Wildman–Crippen MR) is 112 cm³/mol. The average molecular weight is 375 g/mol. The number of nitrogens with zero attached hydrogens (tertiary/aromatic N) is 6. The molecule has 0 saturated carbocycles. The number of rotatable bonds is 4. The van der Waals surface area contributed by atoms with Gasteiger partial charge >= 0.3 is 0 Å². The Bertz CT molecular complexity index is 950. The Kier molecular flexibility index (Phi) is 5.06. The van der Waals surface area contributed by atoms with Gasteiger partial charge in [0.2, 0.25) is 5.95 Å². The van der Waals surface area contributed by atoms with Crippen molar-refractivity contribution in [1.29, 1.82) is 0 Å². The molecule has 1 aromatic carbocycles. The predicted octanol–water partition coefficient (Wildman–Crippen LogP) is 3.26. The van der Waals surface area contributed by atoms with E-state index in [1.54, 1.807) is 12.4 Å². The van der Waals surface area contributed by atoms with E-state index in [4.69, 9.17) is 0 Å². The standard InChI is InChI=1S/C21H25N7/c1-15-5-6-18(16(2)13-15)26-19-14-20(25-17(3)24-19)27-9-11-28(12-10-27)21-22-7-4-8-23-21/h4-8,13-14H,9-12H2,1-3H3,(H,24,25,26). The summed E-state index contributed by atoms with van der Waals surface area (Å²) in [6.07, 6.45) is 3.57. The van der Waals surface area contributed by atoms with E-state index in [0.29, 0.717) is 0 Å². The SMILES string of the molecule is Cc1ccc(Nc2cc(N3CCN(c4ncccn4)CC3)nc(C)n2)c(C)c1. The van der Waals surface area contributed by atoms with Crippen LogP contribution in [0.15, 0.2) is 42.7 Å². The van der Waals surface area contributed by atoms with Gasteiger partial charge in [0.05, 0.1) is 0 Å². The third-order valence-corrected chi connectivity index (χ3v) is 4.91. The Balaban J connectivity index is 1.48. The van der Waals surface area contributed by atoms with Gasteiger partial charge in [-0.15, -0.1) is 0 Å². The lowest BCUT2D eigenvalue weighted by Crippen LogP contribution is -2.47. The maximum atomic E-state index is 4.66. The number of hydrogen-bond acceptors (Lipinski definition) is 7. The van der Waals surface area contributed by atoms with Crippen LogP contribution in [-0.4, -0.2) is 46.1 Å². The summed E-state index contributed by atoms with van der Waals surface area (Å²) in [4.78, 5) is 22.4. The van der Waals surface area contributed by atoms with Gasteiger partial charge in [0.15, 0.2) is 0 Å². The van der Waals surface area contributed by atoms with E-state index in [2.05, 4.69) is 67.1 Å². The van der Waals surface area contributed by atoms with Crippen LogP contribution in [0.25, 0.3) is 0 Å². The maximum Gasteiger partial charge on any atom is 0.225 e. The molecule has 1 aliphatic rings. The van der Waals surface area contributed by atoms with Crippen LogP contribution in [0, 0.1) is 20.8 Å². The molecule has 1 N–H and O–H groups in total. The second-order valence-electron chi connectivity index (χ2n) is 7.12. The smallest absolute Gasteiger partial charge is 0.225 e. The number of anilines is 4. The molecule has 4 rings (SSSR count). The molecule has 7 heteroatoms. The van der Waals surface area contributed by atoms with Gasteiger partial charge in [0.1, 0.15) is 17.5 Å². The lowest BCUT2D eigenvalue weighted by Gasteiger charge is -2.35. The highest BCUT2D eigenvalue weighted by Gasteiger charge is 2.20. The lowest BCUT2D eigenvalue weighted by molar-refractivity contribution is 0.633. The number of aromatic nitrogens is 4. The van der Waals surface area contributed by atoms with Crippen molar-refractivity contribution < 1.29 is 0 Å². The Morgan fingerprint density at radius 2 is 1.57 bits per heavy atom. The summed E-state index contributed by atoms with van der Waals surface area (Å²) in [6, 6.07) is 10.2. The van der Waals surface area contributed by atoms with Gasteiger partial charge in [-0.1, -0.05) is 17.7 Å². The zero-order valence-corrected chi connectivity index (χ0v) is 16.6. The average Bonchev–Trinajstić information content (AvgIpc) is 2.70. The molecule has 0 amide bonds. The van der Waals surface area contributed by atoms with Crippen LogP contribution in [0.5, 0.6) is 0 Å². The van der Waals surface area contributed by atoms with Crippen LogP contribution < -0.4 is 15.1 Å². The number of nitrogens with one attached hydrogen (secondary N) is 1. The van der Waals surface area contributed by atoms with E-state index in [9.17, 15) is 0 Å². The molecule has 0 unspecified atom stereocenters. The maximum absolute atomic E-state index is 4.66. The molecule has 0 radical (unpaired) electrons. The molecule has 1 aliphatic heterocycles. The van der Waals surface area contributed by atoms with Gasteiger partial charge in [0.25, 0.3) is 0 Å². The molecule has 28 heavy (non-hydrogen) atoms. The van der Waals surface area contributed by atoms with Crippen LogP contribution in [0.3, 0.4) is 0 Å². The van der Waals surface area contributed by atoms with Crippen molar-refractivity contribution in [2.24, 2.45) is 0 Å². The van der Waals surface area contributed by atoms with Gasteiger partial charge in [-0.05, 0) is 38.5 Å². The molecule has 0 bridgehead atoms. The molecule has 1 saturated heterocycles. The van der Waals surface area contributed by atoms with Crippen LogP contribution in [0.1, 0.15) is 17.0 Å². The van der Waals surface area contributed by atoms with E-state index >= 15 is 0 Å². The Morgan fingerprint density at radius 1 is 0.857 bits per heavy atom. The minimum Gasteiger partial charge on any atom is -0.353 e. The van der Waals surface area contributed by atoms with E-state index in [1.165, 1.54) is 11.1 Å². The summed E-state index contributed by atoms with van der Waals surface area (Å²) in [5.74, 6) is 3.33. The number of aryl methyl sites for hydroxylation is 3. The zero-order chi connectivity index (χ0) is 19.5. The molecule has 0 spiro atoms. The van der Waals surface area contributed by atoms with Gasteiger partial charge in [0, 0.05) is 50.3 Å². The molecule has 3 heterocycles. The summed E-state index contributed by atoms with van der Waals surface area (Å²) >= 11 is 0. The van der Waals surface area contributed by atoms with Crippen molar-refractivity contribution in [3.05, 3.63) is 59.7 Å². The zero-order valence-electron chi connectivity index (χ0n) is 16.6. The van der Waals surface area contributed by atoms with Gasteiger partial charge in [-0.2, -0.15) is 0 Å². The van der Waals surface area contributed by atoms with Crippen molar-refractivity contribution >= 4 is 23.3 Å². The highest BCUT2D eigenvalue weighted by Crippen LogP contribution is 2.24. The first-order valence-electron chi connectivity index (χ1n) is 9.55. The molecule has 0 atom stereocenters. The second-order valence-corrected chi connectivity index (χ2v) is 7.12.